The molecule has 0 aliphatic heterocycles. The van der Waals surface area contributed by atoms with Gasteiger partial charge < -0.3 is 9.84 Å². The van der Waals surface area contributed by atoms with Crippen LogP contribution in [0, 0.1) is 6.92 Å². The smallest absolute Gasteiger partial charge is 0.260 e. The quantitative estimate of drug-likeness (QED) is 0.730. The molecule has 10 heteroatoms. The van der Waals surface area contributed by atoms with Crippen molar-refractivity contribution >= 4 is 32.1 Å². The lowest BCUT2D eigenvalue weighted by Crippen LogP contribution is -2.25. The van der Waals surface area contributed by atoms with Gasteiger partial charge in [-0.25, -0.2) is 18.1 Å². The van der Waals surface area contributed by atoms with E-state index in [9.17, 15) is 8.42 Å². The van der Waals surface area contributed by atoms with Crippen molar-refractivity contribution in [2.24, 2.45) is 0 Å². The second kappa shape index (κ2) is 5.13. The van der Waals surface area contributed by atoms with Gasteiger partial charge >= 0.3 is 0 Å². The number of anilines is 1. The molecule has 0 fully saturated rings. The number of sulfonamides is 1. The second-order valence-electron chi connectivity index (χ2n) is 4.33. The molecule has 0 saturated heterocycles. The normalized spacial score (nSPS) is 12.1. The summed E-state index contributed by atoms with van der Waals surface area (Å²) in [6, 6.07) is 1.68. The number of rotatable bonds is 5. The zero-order valence-electron chi connectivity index (χ0n) is 11.3. The molecule has 0 spiro atoms. The second-order valence-corrected chi connectivity index (χ2v) is 6.89. The highest BCUT2D eigenvalue weighted by Crippen LogP contribution is 2.25. The summed E-state index contributed by atoms with van der Waals surface area (Å²) in [5, 5.41) is 8.38. The summed E-state index contributed by atoms with van der Waals surface area (Å²) in [5.74, 6) is 0.760. The van der Waals surface area contributed by atoms with Crippen LogP contribution in [0.25, 0.3) is 4.96 Å². The molecule has 0 atom stereocenters. The van der Waals surface area contributed by atoms with Crippen molar-refractivity contribution in [3.63, 3.8) is 0 Å². The highest BCUT2D eigenvalue weighted by molar-refractivity contribution is 7.89. The molecule has 0 aliphatic carbocycles. The molecule has 0 aliphatic rings. The summed E-state index contributed by atoms with van der Waals surface area (Å²) in [4.78, 5) is 4.84. The zero-order chi connectivity index (χ0) is 15.0. The van der Waals surface area contributed by atoms with Crippen molar-refractivity contribution in [1.82, 2.24) is 19.3 Å². The van der Waals surface area contributed by atoms with Crippen LogP contribution >= 0.6 is 11.3 Å². The summed E-state index contributed by atoms with van der Waals surface area (Å²) in [5.41, 5.74) is 0.699. The Hall–Kier alpha value is -1.91. The molecule has 3 aromatic heterocycles. The van der Waals surface area contributed by atoms with Crippen LogP contribution < -0.4 is 10.0 Å². The number of nitrogens with one attached hydrogen (secondary N) is 2. The fraction of sp³-hybridized carbons (Fsp3) is 0.273. The van der Waals surface area contributed by atoms with Gasteiger partial charge in [0.2, 0.25) is 0 Å². The Morgan fingerprint density at radius 1 is 1.48 bits per heavy atom. The summed E-state index contributed by atoms with van der Waals surface area (Å²) < 4.78 is 34.0. The Labute approximate surface area is 124 Å². The van der Waals surface area contributed by atoms with E-state index in [1.54, 1.807) is 31.6 Å². The van der Waals surface area contributed by atoms with E-state index in [2.05, 4.69) is 20.2 Å². The molecule has 0 unspecified atom stereocenters. The maximum atomic E-state index is 12.5. The molecule has 8 nitrogen and oxygen atoms in total. The third kappa shape index (κ3) is 2.52. The minimum Gasteiger partial charge on any atom is -0.371 e. The minimum absolute atomic E-state index is 0.0314. The number of aromatic nitrogens is 3. The molecule has 0 radical (unpaired) electrons. The predicted molar refractivity (Wildman–Crippen MR) is 77.9 cm³/mol. The lowest BCUT2D eigenvalue weighted by Gasteiger charge is -2.06. The number of imidazole rings is 1. The Morgan fingerprint density at radius 2 is 2.29 bits per heavy atom. The van der Waals surface area contributed by atoms with Crippen molar-refractivity contribution in [1.29, 1.82) is 0 Å². The SMILES string of the molecule is CNc1nc2sccn2c1S(=O)(=O)NCc1cc(C)no1. The average molecular weight is 327 g/mol. The van der Waals surface area contributed by atoms with Gasteiger partial charge in [-0.2, -0.15) is 0 Å². The number of hydrogen-bond donors (Lipinski definition) is 2. The van der Waals surface area contributed by atoms with Crippen LogP contribution in [-0.2, 0) is 16.6 Å². The third-order valence-corrected chi connectivity index (χ3v) is 5.00. The molecular formula is C11H13N5O3S2. The van der Waals surface area contributed by atoms with E-state index in [0.717, 1.165) is 0 Å². The molecule has 0 amide bonds. The summed E-state index contributed by atoms with van der Waals surface area (Å²) in [6.07, 6.45) is 1.67. The maximum Gasteiger partial charge on any atom is 0.260 e. The van der Waals surface area contributed by atoms with Gasteiger partial charge in [-0.1, -0.05) is 5.16 Å². The lowest BCUT2D eigenvalue weighted by atomic mass is 10.4. The van der Waals surface area contributed by atoms with E-state index in [0.29, 0.717) is 22.2 Å². The zero-order valence-corrected chi connectivity index (χ0v) is 13.0. The minimum atomic E-state index is -3.74. The molecule has 2 N–H and O–H groups in total. The van der Waals surface area contributed by atoms with Gasteiger partial charge in [0, 0.05) is 24.7 Å². The number of aryl methyl sites for hydroxylation is 1. The molecule has 112 valence electrons. The first kappa shape index (κ1) is 14.0. The van der Waals surface area contributed by atoms with E-state index >= 15 is 0 Å². The van der Waals surface area contributed by atoms with Crippen LogP contribution in [0.5, 0.6) is 0 Å². The summed E-state index contributed by atoms with van der Waals surface area (Å²) in [6.45, 7) is 1.80. The first-order valence-electron chi connectivity index (χ1n) is 6.06. The van der Waals surface area contributed by atoms with Crippen LogP contribution in [0.1, 0.15) is 11.5 Å². The van der Waals surface area contributed by atoms with E-state index in [-0.39, 0.29) is 11.6 Å². The van der Waals surface area contributed by atoms with Gasteiger partial charge in [-0.3, -0.25) is 4.40 Å². The molecule has 3 rings (SSSR count). The van der Waals surface area contributed by atoms with Gasteiger partial charge in [0.1, 0.15) is 0 Å². The fourth-order valence-corrected chi connectivity index (χ4v) is 3.97. The van der Waals surface area contributed by atoms with Crippen LogP contribution in [0.2, 0.25) is 0 Å². The molecular weight excluding hydrogens is 314 g/mol. The molecule has 0 saturated carbocycles. The van der Waals surface area contributed by atoms with Crippen LogP contribution in [0.15, 0.2) is 27.2 Å². The number of thiazole rings is 1. The van der Waals surface area contributed by atoms with Crippen LogP contribution in [-0.4, -0.2) is 30.0 Å². The van der Waals surface area contributed by atoms with Gasteiger partial charge in [0.15, 0.2) is 21.6 Å². The largest absolute Gasteiger partial charge is 0.371 e. The fourth-order valence-electron chi connectivity index (χ4n) is 1.92. The van der Waals surface area contributed by atoms with Crippen molar-refractivity contribution in [3.05, 3.63) is 29.1 Å². The van der Waals surface area contributed by atoms with Crippen LogP contribution in [0.3, 0.4) is 0 Å². The van der Waals surface area contributed by atoms with Gasteiger partial charge in [-0.05, 0) is 6.92 Å². The van der Waals surface area contributed by atoms with Crippen molar-refractivity contribution in [3.8, 4) is 0 Å². The first-order valence-corrected chi connectivity index (χ1v) is 8.42. The number of fused-ring (bicyclic) bond motifs is 1. The van der Waals surface area contributed by atoms with Gasteiger partial charge in [0.05, 0.1) is 12.2 Å². The number of hydrogen-bond acceptors (Lipinski definition) is 7. The standard InChI is InChI=1S/C11H13N5O3S2/c1-7-5-8(19-15-7)6-13-21(17,18)10-9(12-2)14-11-16(10)3-4-20-11/h3-5,12-13H,6H2,1-2H3. The number of nitrogens with zero attached hydrogens (tertiary/aromatic N) is 3. The highest BCUT2D eigenvalue weighted by Gasteiger charge is 2.25. The van der Waals surface area contributed by atoms with Gasteiger partial charge in [0.25, 0.3) is 10.0 Å². The Kier molecular flexibility index (Phi) is 3.43. The van der Waals surface area contributed by atoms with Crippen molar-refractivity contribution in [2.45, 2.75) is 18.5 Å². The van der Waals surface area contributed by atoms with E-state index in [1.807, 2.05) is 0 Å². The topological polar surface area (TPSA) is 102 Å². The monoisotopic (exact) mass is 327 g/mol. The van der Waals surface area contributed by atoms with Crippen LogP contribution in [0.4, 0.5) is 5.82 Å². The maximum absolute atomic E-state index is 12.5. The third-order valence-electron chi connectivity index (χ3n) is 2.82. The first-order chi connectivity index (χ1) is 10.0. The van der Waals surface area contributed by atoms with E-state index in [1.165, 1.54) is 15.7 Å². The summed E-state index contributed by atoms with van der Waals surface area (Å²) >= 11 is 1.36. The molecule has 3 aromatic rings. The Bertz CT molecular complexity index is 877. The van der Waals surface area contributed by atoms with E-state index in [4.69, 9.17) is 4.52 Å². The molecule has 0 aromatic carbocycles. The average Bonchev–Trinajstić information content (AvgIpc) is 3.10. The predicted octanol–water partition coefficient (Wildman–Crippen LogP) is 1.21. The summed E-state index contributed by atoms with van der Waals surface area (Å²) in [7, 11) is -2.11. The Morgan fingerprint density at radius 3 is 2.95 bits per heavy atom. The van der Waals surface area contributed by atoms with E-state index < -0.39 is 10.0 Å². The highest BCUT2D eigenvalue weighted by atomic mass is 32.2. The van der Waals surface area contributed by atoms with Crippen molar-refractivity contribution < 1.29 is 12.9 Å². The molecule has 21 heavy (non-hydrogen) atoms. The Balaban J connectivity index is 1.94. The van der Waals surface area contributed by atoms with Gasteiger partial charge in [-0.15, -0.1) is 11.3 Å². The molecule has 0 bridgehead atoms. The molecule has 3 heterocycles. The lowest BCUT2D eigenvalue weighted by molar-refractivity contribution is 0.377. The van der Waals surface area contributed by atoms with Crippen molar-refractivity contribution in [2.75, 3.05) is 12.4 Å².